The summed E-state index contributed by atoms with van der Waals surface area (Å²) in [5, 5.41) is 0. The monoisotopic (exact) mass is 676 g/mol. The van der Waals surface area contributed by atoms with Gasteiger partial charge in [-0.05, 0) is 38.5 Å². The Hall–Kier alpha value is -1.25. The molecule has 0 aliphatic carbocycles. The Morgan fingerprint density at radius 2 is 1.11 bits per heavy atom. The van der Waals surface area contributed by atoms with Crippen LogP contribution < -0.4 is 0 Å². The van der Waals surface area contributed by atoms with E-state index in [0.29, 0.717) is 17.4 Å². The second kappa shape index (κ2) is 29.9. The molecule has 46 heavy (non-hydrogen) atoms. The Bertz CT molecular complexity index is 814. The predicted octanol–water partition coefficient (Wildman–Crippen LogP) is 9.46. The van der Waals surface area contributed by atoms with Crippen molar-refractivity contribution in [3.05, 3.63) is 12.2 Å². The number of rotatable bonds is 33. The molecule has 9 nitrogen and oxygen atoms in total. The molecule has 0 aromatic carbocycles. The maximum Gasteiger partial charge on any atom is 0.472 e. The lowest BCUT2D eigenvalue weighted by Gasteiger charge is -2.24. The molecule has 0 radical (unpaired) electrons. The molecular weight excluding hydrogens is 605 g/mol. The fourth-order valence-corrected chi connectivity index (χ4v) is 5.57. The van der Waals surface area contributed by atoms with Crippen LogP contribution in [0, 0.1) is 0 Å². The summed E-state index contributed by atoms with van der Waals surface area (Å²) in [6.45, 7) is 4.22. The number of likely N-dealkylation sites (N-methyl/N-ethyl adjacent to an activating group) is 1. The molecule has 0 amide bonds. The van der Waals surface area contributed by atoms with Gasteiger partial charge in [0.2, 0.25) is 0 Å². The summed E-state index contributed by atoms with van der Waals surface area (Å²) in [4.78, 5) is 34.6. The zero-order chi connectivity index (χ0) is 34.4. The minimum Gasteiger partial charge on any atom is -0.462 e. The zero-order valence-corrected chi connectivity index (χ0v) is 31.2. The summed E-state index contributed by atoms with van der Waals surface area (Å²) >= 11 is 0. The molecule has 0 aliphatic rings. The van der Waals surface area contributed by atoms with E-state index in [9.17, 15) is 19.0 Å². The molecule has 0 fully saturated rings. The number of carbonyl (C=O) groups is 2. The van der Waals surface area contributed by atoms with Crippen LogP contribution in [0.4, 0.5) is 0 Å². The zero-order valence-electron chi connectivity index (χ0n) is 30.3. The van der Waals surface area contributed by atoms with Crippen LogP contribution in [0.15, 0.2) is 12.2 Å². The number of ether oxygens (including phenoxy) is 2. The van der Waals surface area contributed by atoms with Gasteiger partial charge in [0.1, 0.15) is 19.8 Å². The Balaban J connectivity index is 4.14. The van der Waals surface area contributed by atoms with E-state index < -0.39 is 32.5 Å². The molecule has 0 saturated heterocycles. The van der Waals surface area contributed by atoms with Crippen LogP contribution in [0.3, 0.4) is 0 Å². The maximum absolute atomic E-state index is 12.5. The molecule has 10 heteroatoms. The molecule has 0 heterocycles. The summed E-state index contributed by atoms with van der Waals surface area (Å²) in [6.07, 6.45) is 27.7. The highest BCUT2D eigenvalue weighted by Crippen LogP contribution is 2.43. The van der Waals surface area contributed by atoms with E-state index in [-0.39, 0.29) is 26.1 Å². The average Bonchev–Trinajstić information content (AvgIpc) is 2.99. The number of carbonyl (C=O) groups excluding carboxylic acids is 2. The first kappa shape index (κ1) is 44.8. The molecule has 0 aromatic rings. The van der Waals surface area contributed by atoms with Gasteiger partial charge in [-0.15, -0.1) is 0 Å². The number of nitrogens with zero attached hydrogens (tertiary/aromatic N) is 1. The van der Waals surface area contributed by atoms with Crippen molar-refractivity contribution >= 4 is 19.8 Å². The van der Waals surface area contributed by atoms with Gasteiger partial charge in [-0.3, -0.25) is 18.6 Å². The van der Waals surface area contributed by atoms with Crippen LogP contribution >= 0.6 is 7.82 Å². The van der Waals surface area contributed by atoms with E-state index in [2.05, 4.69) is 19.1 Å². The van der Waals surface area contributed by atoms with Crippen LogP contribution in [0.2, 0.25) is 0 Å². The fourth-order valence-electron chi connectivity index (χ4n) is 4.83. The second-order valence-corrected chi connectivity index (χ2v) is 15.1. The molecule has 0 aliphatic heterocycles. The van der Waals surface area contributed by atoms with E-state index in [1.807, 2.05) is 28.1 Å². The topological polar surface area (TPSA) is 108 Å². The minimum atomic E-state index is -4.35. The number of phosphoric acid groups is 1. The van der Waals surface area contributed by atoms with Crippen LogP contribution in [0.25, 0.3) is 0 Å². The van der Waals surface area contributed by atoms with Gasteiger partial charge in [-0.1, -0.05) is 116 Å². The smallest absolute Gasteiger partial charge is 0.462 e. The lowest BCUT2D eigenvalue weighted by Crippen LogP contribution is -2.37. The Morgan fingerprint density at radius 1 is 0.652 bits per heavy atom. The molecule has 0 aromatic heterocycles. The molecule has 0 saturated carbocycles. The van der Waals surface area contributed by atoms with Crippen molar-refractivity contribution in [2.45, 2.75) is 161 Å². The van der Waals surface area contributed by atoms with Crippen molar-refractivity contribution in [2.24, 2.45) is 0 Å². The van der Waals surface area contributed by atoms with Crippen molar-refractivity contribution in [2.75, 3.05) is 47.5 Å². The first-order chi connectivity index (χ1) is 22.0. The summed E-state index contributed by atoms with van der Waals surface area (Å²) in [5.74, 6) is -0.827. The van der Waals surface area contributed by atoms with Crippen molar-refractivity contribution < 1.29 is 42.1 Å². The first-order valence-corrected chi connectivity index (χ1v) is 19.9. The minimum absolute atomic E-state index is 0.0329. The van der Waals surface area contributed by atoms with Crippen LogP contribution in [0.5, 0.6) is 0 Å². The number of quaternary nitrogens is 1. The van der Waals surface area contributed by atoms with E-state index in [0.717, 1.165) is 38.5 Å². The van der Waals surface area contributed by atoms with E-state index >= 15 is 0 Å². The SMILES string of the molecule is CCCCCCCC/C=C\CCCCCCCCCCCC(=O)OC(COC(=O)CCCCC)COP(=O)(O)OCC[N+](C)(C)C. The van der Waals surface area contributed by atoms with Gasteiger partial charge >= 0.3 is 19.8 Å². The van der Waals surface area contributed by atoms with Gasteiger partial charge in [0.15, 0.2) is 6.10 Å². The normalized spacial score (nSPS) is 14.0. The number of unbranched alkanes of at least 4 members (excludes halogenated alkanes) is 17. The van der Waals surface area contributed by atoms with Gasteiger partial charge in [0, 0.05) is 12.8 Å². The van der Waals surface area contributed by atoms with Crippen molar-refractivity contribution in [3.63, 3.8) is 0 Å². The third-order valence-corrected chi connectivity index (χ3v) is 8.78. The highest BCUT2D eigenvalue weighted by molar-refractivity contribution is 7.47. The second-order valence-electron chi connectivity index (χ2n) is 13.6. The Morgan fingerprint density at radius 3 is 1.65 bits per heavy atom. The number of esters is 2. The van der Waals surface area contributed by atoms with Crippen LogP contribution in [-0.2, 0) is 32.7 Å². The Kier molecular flexibility index (Phi) is 29.0. The van der Waals surface area contributed by atoms with Gasteiger partial charge < -0.3 is 18.9 Å². The fraction of sp³-hybridized carbons (Fsp3) is 0.889. The highest BCUT2D eigenvalue weighted by Gasteiger charge is 2.27. The molecule has 1 N–H and O–H groups in total. The Labute approximate surface area is 282 Å². The van der Waals surface area contributed by atoms with Gasteiger partial charge in [-0.2, -0.15) is 0 Å². The molecular formula is C36H71NO8P+. The molecule has 272 valence electrons. The number of allylic oxidation sites excluding steroid dienone is 2. The van der Waals surface area contributed by atoms with Gasteiger partial charge in [0.25, 0.3) is 0 Å². The van der Waals surface area contributed by atoms with E-state index in [1.165, 1.54) is 83.5 Å². The number of hydrogen-bond donors (Lipinski definition) is 1. The van der Waals surface area contributed by atoms with Gasteiger partial charge in [0.05, 0.1) is 27.7 Å². The number of hydrogen-bond acceptors (Lipinski definition) is 7. The maximum atomic E-state index is 12.5. The average molecular weight is 677 g/mol. The quantitative estimate of drug-likeness (QED) is 0.0241. The molecule has 2 unspecified atom stereocenters. The summed E-state index contributed by atoms with van der Waals surface area (Å²) in [7, 11) is 1.47. The summed E-state index contributed by atoms with van der Waals surface area (Å²) < 4.78 is 33.8. The lowest BCUT2D eigenvalue weighted by molar-refractivity contribution is -0.870. The summed E-state index contributed by atoms with van der Waals surface area (Å²) in [5.41, 5.74) is 0. The largest absolute Gasteiger partial charge is 0.472 e. The van der Waals surface area contributed by atoms with Crippen molar-refractivity contribution in [3.8, 4) is 0 Å². The van der Waals surface area contributed by atoms with E-state index in [4.69, 9.17) is 18.5 Å². The molecule has 0 rings (SSSR count). The third-order valence-electron chi connectivity index (χ3n) is 7.80. The lowest BCUT2D eigenvalue weighted by atomic mass is 10.1. The number of phosphoric ester groups is 1. The third kappa shape index (κ3) is 32.7. The highest BCUT2D eigenvalue weighted by atomic mass is 31.2. The molecule has 0 bridgehead atoms. The first-order valence-electron chi connectivity index (χ1n) is 18.4. The van der Waals surface area contributed by atoms with E-state index in [1.54, 1.807) is 0 Å². The summed E-state index contributed by atoms with van der Waals surface area (Å²) in [6, 6.07) is 0. The van der Waals surface area contributed by atoms with Crippen LogP contribution in [0.1, 0.15) is 155 Å². The molecule has 2 atom stereocenters. The standard InChI is InChI=1S/C36H70NO8P/c1-6-8-10-11-12-13-14-15-16-17-18-19-20-21-22-23-24-25-27-29-36(39)45-34(32-42-35(38)28-26-9-7-2)33-44-46(40,41)43-31-30-37(3,4)5/h15-16,34H,6-14,17-33H2,1-5H3/p+1/b16-15-. The van der Waals surface area contributed by atoms with Crippen molar-refractivity contribution in [1.82, 2.24) is 0 Å². The molecule has 0 spiro atoms. The predicted molar refractivity (Wildman–Crippen MR) is 188 cm³/mol. The van der Waals surface area contributed by atoms with Crippen molar-refractivity contribution in [1.29, 1.82) is 0 Å². The van der Waals surface area contributed by atoms with Crippen LogP contribution in [-0.4, -0.2) is 74.9 Å². The van der Waals surface area contributed by atoms with Gasteiger partial charge in [-0.25, -0.2) is 4.57 Å².